The van der Waals surface area contributed by atoms with Gasteiger partial charge in [-0.3, -0.25) is 4.79 Å². The number of aliphatic hydroxyl groups is 1. The van der Waals surface area contributed by atoms with Crippen molar-refractivity contribution in [2.24, 2.45) is 5.41 Å². The van der Waals surface area contributed by atoms with E-state index in [1.165, 1.54) is 13.8 Å². The van der Waals surface area contributed by atoms with Crippen molar-refractivity contribution in [3.63, 3.8) is 0 Å². The van der Waals surface area contributed by atoms with Gasteiger partial charge in [-0.1, -0.05) is 27.4 Å². The molecule has 74 valence electrons. The number of Topliss-reactive ketones (excluding diaryl/α,β-unsaturated/α-hetero) is 1. The molecule has 1 N–H and O–H groups in total. The molecule has 0 aliphatic carbocycles. The van der Waals surface area contributed by atoms with Crippen LogP contribution in [0, 0.1) is 5.41 Å². The topological polar surface area (TPSA) is 37.3 Å². The minimum absolute atomic E-state index is 0.0485. The lowest BCUT2D eigenvalue weighted by molar-refractivity contribution is -0.113. The van der Waals surface area contributed by atoms with E-state index in [-0.39, 0.29) is 17.0 Å². The molecule has 0 aromatic carbocycles. The van der Waals surface area contributed by atoms with E-state index in [2.05, 4.69) is 6.58 Å². The third-order valence-corrected chi connectivity index (χ3v) is 1.92. The zero-order valence-electron chi connectivity index (χ0n) is 9.06. The maximum atomic E-state index is 11.2. The van der Waals surface area contributed by atoms with Crippen molar-refractivity contribution in [1.29, 1.82) is 0 Å². The molecule has 0 saturated carbocycles. The lowest BCUT2D eigenvalue weighted by Crippen LogP contribution is -2.15. The Kier molecular flexibility index (Phi) is 3.47. The van der Waals surface area contributed by atoms with Gasteiger partial charge in [-0.25, -0.2) is 0 Å². The monoisotopic (exact) mass is 182 g/mol. The molecule has 0 rings (SSSR count). The summed E-state index contributed by atoms with van der Waals surface area (Å²) in [6.07, 6.45) is 0. The van der Waals surface area contributed by atoms with E-state index in [1.54, 1.807) is 0 Å². The zero-order chi connectivity index (χ0) is 10.8. The van der Waals surface area contributed by atoms with Gasteiger partial charge in [-0.15, -0.1) is 0 Å². The summed E-state index contributed by atoms with van der Waals surface area (Å²) in [5, 5.41) is 9.31. The first-order valence-corrected chi connectivity index (χ1v) is 4.28. The fourth-order valence-corrected chi connectivity index (χ4v) is 1.06. The second-order valence-corrected chi connectivity index (χ2v) is 4.25. The summed E-state index contributed by atoms with van der Waals surface area (Å²) in [6, 6.07) is 0. The Morgan fingerprint density at radius 2 is 1.62 bits per heavy atom. The lowest BCUT2D eigenvalue weighted by Gasteiger charge is -2.23. The molecule has 0 heterocycles. The first-order chi connectivity index (χ1) is 5.68. The van der Waals surface area contributed by atoms with E-state index in [9.17, 15) is 9.90 Å². The van der Waals surface area contributed by atoms with Crippen molar-refractivity contribution in [3.8, 4) is 0 Å². The first kappa shape index (κ1) is 11.9. The molecule has 0 atom stereocenters. The molecule has 0 unspecified atom stereocenters. The van der Waals surface area contributed by atoms with Gasteiger partial charge in [-0.05, 0) is 24.8 Å². The third-order valence-electron chi connectivity index (χ3n) is 1.92. The molecule has 2 nitrogen and oxygen atoms in total. The highest BCUT2D eigenvalue weighted by molar-refractivity contribution is 5.98. The number of carbonyl (C=O) groups is 1. The normalized spacial score (nSPS) is 13.6. The highest BCUT2D eigenvalue weighted by Gasteiger charge is 2.22. The van der Waals surface area contributed by atoms with Crippen LogP contribution in [0.1, 0.15) is 34.6 Å². The molecule has 0 aliphatic rings. The van der Waals surface area contributed by atoms with E-state index in [0.29, 0.717) is 11.1 Å². The maximum Gasteiger partial charge on any atom is 0.163 e. The van der Waals surface area contributed by atoms with E-state index >= 15 is 0 Å². The molecule has 0 amide bonds. The molecule has 13 heavy (non-hydrogen) atoms. The smallest absolute Gasteiger partial charge is 0.163 e. The molecule has 0 saturated heterocycles. The SMILES string of the molecule is C=C(/C(C(C)=O)=C(/C)O)C(C)(C)C. The van der Waals surface area contributed by atoms with Gasteiger partial charge in [0, 0.05) is 0 Å². The minimum Gasteiger partial charge on any atom is -0.512 e. The molecular weight excluding hydrogens is 164 g/mol. The number of hydrogen-bond acceptors (Lipinski definition) is 2. The van der Waals surface area contributed by atoms with Crippen LogP contribution in [0.2, 0.25) is 0 Å². The van der Waals surface area contributed by atoms with E-state index in [4.69, 9.17) is 0 Å². The number of ketones is 1. The minimum atomic E-state index is -0.189. The number of allylic oxidation sites excluding steroid dienone is 3. The predicted molar refractivity (Wildman–Crippen MR) is 54.6 cm³/mol. The second kappa shape index (κ2) is 3.77. The fraction of sp³-hybridized carbons (Fsp3) is 0.545. The Morgan fingerprint density at radius 1 is 1.23 bits per heavy atom. The van der Waals surface area contributed by atoms with Crippen molar-refractivity contribution in [2.45, 2.75) is 34.6 Å². The Morgan fingerprint density at radius 3 is 1.69 bits per heavy atom. The summed E-state index contributed by atoms with van der Waals surface area (Å²) in [5.74, 6) is -0.0904. The molecule has 0 aliphatic heterocycles. The van der Waals surface area contributed by atoms with Gasteiger partial charge in [0.05, 0.1) is 5.57 Å². The highest BCUT2D eigenvalue weighted by atomic mass is 16.3. The number of rotatable bonds is 2. The fourth-order valence-electron chi connectivity index (χ4n) is 1.06. The molecule has 2 heteroatoms. The summed E-state index contributed by atoms with van der Waals surface area (Å²) >= 11 is 0. The molecule has 0 bridgehead atoms. The summed E-state index contributed by atoms with van der Waals surface area (Å²) in [4.78, 5) is 11.2. The van der Waals surface area contributed by atoms with E-state index in [0.717, 1.165) is 0 Å². The van der Waals surface area contributed by atoms with Crippen molar-refractivity contribution in [1.82, 2.24) is 0 Å². The zero-order valence-corrected chi connectivity index (χ0v) is 9.06. The lowest BCUT2D eigenvalue weighted by atomic mass is 9.81. The van der Waals surface area contributed by atoms with Crippen molar-refractivity contribution in [2.75, 3.05) is 0 Å². The highest BCUT2D eigenvalue weighted by Crippen LogP contribution is 2.31. The van der Waals surface area contributed by atoms with E-state index < -0.39 is 0 Å². The summed E-state index contributed by atoms with van der Waals surface area (Å²) in [6.45, 7) is 12.7. The third kappa shape index (κ3) is 3.05. The predicted octanol–water partition coefficient (Wildman–Crippen LogP) is 3.01. The van der Waals surface area contributed by atoms with Crippen molar-refractivity contribution in [3.05, 3.63) is 23.5 Å². The molecule has 0 aromatic heterocycles. The molecule has 0 radical (unpaired) electrons. The molecule has 0 fully saturated rings. The number of aliphatic hydroxyl groups excluding tert-OH is 1. The van der Waals surface area contributed by atoms with E-state index in [1.807, 2.05) is 20.8 Å². The Bertz CT molecular complexity index is 260. The Labute approximate surface area is 80.0 Å². The van der Waals surface area contributed by atoms with Gasteiger partial charge in [0.15, 0.2) is 5.78 Å². The van der Waals surface area contributed by atoms with Gasteiger partial charge in [0.25, 0.3) is 0 Å². The van der Waals surface area contributed by atoms with Crippen LogP contribution in [0.4, 0.5) is 0 Å². The van der Waals surface area contributed by atoms with Gasteiger partial charge in [0.2, 0.25) is 0 Å². The van der Waals surface area contributed by atoms with Crippen LogP contribution in [0.5, 0.6) is 0 Å². The average molecular weight is 182 g/mol. The molecule has 0 spiro atoms. The average Bonchev–Trinajstić information content (AvgIpc) is 1.82. The molecule has 0 aromatic rings. The van der Waals surface area contributed by atoms with Crippen molar-refractivity contribution < 1.29 is 9.90 Å². The summed E-state index contributed by atoms with van der Waals surface area (Å²) < 4.78 is 0. The second-order valence-electron chi connectivity index (χ2n) is 4.25. The Balaban J connectivity index is 5.16. The van der Waals surface area contributed by atoms with Crippen molar-refractivity contribution >= 4 is 5.78 Å². The molecular formula is C11H18O2. The first-order valence-electron chi connectivity index (χ1n) is 4.28. The van der Waals surface area contributed by atoms with Crippen LogP contribution in [0.3, 0.4) is 0 Å². The van der Waals surface area contributed by atoms with Gasteiger partial charge in [-0.2, -0.15) is 0 Å². The van der Waals surface area contributed by atoms with Crippen LogP contribution < -0.4 is 0 Å². The summed E-state index contributed by atoms with van der Waals surface area (Å²) in [5.41, 5.74) is 0.845. The summed E-state index contributed by atoms with van der Waals surface area (Å²) in [7, 11) is 0. The number of hydrogen-bond donors (Lipinski definition) is 1. The van der Waals surface area contributed by atoms with Crippen LogP contribution in [0.25, 0.3) is 0 Å². The van der Waals surface area contributed by atoms with Gasteiger partial charge < -0.3 is 5.11 Å². The van der Waals surface area contributed by atoms with Gasteiger partial charge >= 0.3 is 0 Å². The van der Waals surface area contributed by atoms with Crippen LogP contribution in [0.15, 0.2) is 23.5 Å². The quantitative estimate of drug-likeness (QED) is 0.405. The Hall–Kier alpha value is -1.05. The van der Waals surface area contributed by atoms with Crippen LogP contribution in [-0.2, 0) is 4.79 Å². The number of carbonyl (C=O) groups excluding carboxylic acids is 1. The van der Waals surface area contributed by atoms with Crippen LogP contribution in [-0.4, -0.2) is 10.9 Å². The van der Waals surface area contributed by atoms with Crippen LogP contribution >= 0.6 is 0 Å². The largest absolute Gasteiger partial charge is 0.512 e. The van der Waals surface area contributed by atoms with Gasteiger partial charge in [0.1, 0.15) is 5.76 Å². The standard InChI is InChI=1S/C11H18O2/c1-7(11(4,5)6)10(8(2)12)9(3)13/h12H,1H2,2-6H3/b10-8+. The maximum absolute atomic E-state index is 11.2.